The van der Waals surface area contributed by atoms with Gasteiger partial charge in [0.05, 0.1) is 5.56 Å². The Morgan fingerprint density at radius 3 is 0.877 bits per heavy atom. The second-order valence-corrected chi connectivity index (χ2v) is 14.9. The third-order valence-corrected chi connectivity index (χ3v) is 9.52. The molecule has 57 heavy (non-hydrogen) atoms. The van der Waals surface area contributed by atoms with Crippen molar-refractivity contribution in [2.75, 3.05) is 0 Å². The van der Waals surface area contributed by atoms with Gasteiger partial charge in [-0.25, -0.2) is 0 Å². The summed E-state index contributed by atoms with van der Waals surface area (Å²) in [7, 11) is 0. The predicted molar refractivity (Wildman–Crippen MR) is 224 cm³/mol. The molecular weight excluding hydrogens is 725 g/mol. The second kappa shape index (κ2) is 29.9. The number of rotatable bonds is 31. The lowest BCUT2D eigenvalue weighted by Gasteiger charge is -2.18. The van der Waals surface area contributed by atoms with Crippen molar-refractivity contribution >= 4 is 29.8 Å². The van der Waals surface area contributed by atoms with E-state index in [1.54, 1.807) is 12.1 Å². The maximum Gasteiger partial charge on any atom is 0.311 e. The average Bonchev–Trinajstić information content (AvgIpc) is 3.17. The fourth-order valence-electron chi connectivity index (χ4n) is 6.28. The van der Waals surface area contributed by atoms with Gasteiger partial charge in [0.1, 0.15) is 28.7 Å². The first kappa shape index (κ1) is 48.9. The molecule has 0 bridgehead atoms. The smallest absolute Gasteiger partial charge is 0.311 e. The number of hydrogen-bond donors (Lipinski definition) is 0. The Kier molecular flexibility index (Phi) is 25.7. The molecule has 0 fully saturated rings. The lowest BCUT2D eigenvalue weighted by atomic mass is 10.0. The predicted octanol–water partition coefficient (Wildman–Crippen LogP) is 12.7. The van der Waals surface area contributed by atoms with Gasteiger partial charge in [-0.15, -0.1) is 0 Å². The van der Waals surface area contributed by atoms with E-state index < -0.39 is 29.8 Å². The van der Waals surface area contributed by atoms with Gasteiger partial charge in [0.2, 0.25) is 0 Å². The number of esters is 5. The first-order chi connectivity index (χ1) is 27.6. The van der Waals surface area contributed by atoms with Crippen molar-refractivity contribution in [3.05, 3.63) is 30.3 Å². The zero-order valence-electron chi connectivity index (χ0n) is 35.6. The van der Waals surface area contributed by atoms with Crippen molar-refractivity contribution < 1.29 is 47.7 Å². The van der Waals surface area contributed by atoms with Crippen LogP contribution in [-0.4, -0.2) is 29.8 Å². The van der Waals surface area contributed by atoms with Crippen LogP contribution in [0, 0.1) is 0 Å². The number of unbranched alkanes of at least 4 members (excludes halogenated alkanes) is 15. The summed E-state index contributed by atoms with van der Waals surface area (Å²) in [5.41, 5.74) is 0.489. The van der Waals surface area contributed by atoms with Gasteiger partial charge >= 0.3 is 29.8 Å². The van der Waals surface area contributed by atoms with Crippen LogP contribution in [0.25, 0.3) is 11.1 Å². The Morgan fingerprint density at radius 1 is 0.333 bits per heavy atom. The fourth-order valence-corrected chi connectivity index (χ4v) is 6.28. The Morgan fingerprint density at radius 2 is 0.596 bits per heavy atom. The van der Waals surface area contributed by atoms with Crippen molar-refractivity contribution in [1.29, 1.82) is 0 Å². The topological polar surface area (TPSA) is 132 Å². The molecule has 0 N–H and O–H groups in total. The molecule has 0 saturated heterocycles. The van der Waals surface area contributed by atoms with E-state index in [1.807, 2.05) is 0 Å². The van der Waals surface area contributed by atoms with Crippen LogP contribution in [0.15, 0.2) is 30.3 Å². The molecule has 2 rings (SSSR count). The molecule has 0 aliphatic heterocycles. The van der Waals surface area contributed by atoms with Gasteiger partial charge in [0.15, 0.2) is 0 Å². The highest BCUT2D eigenvalue weighted by Gasteiger charge is 2.24. The molecule has 10 heteroatoms. The van der Waals surface area contributed by atoms with Crippen LogP contribution >= 0.6 is 0 Å². The van der Waals surface area contributed by atoms with Crippen LogP contribution < -0.4 is 23.7 Å². The molecule has 0 unspecified atom stereocenters. The molecule has 2 aromatic carbocycles. The lowest BCUT2D eigenvalue weighted by molar-refractivity contribution is -0.136. The van der Waals surface area contributed by atoms with Crippen molar-refractivity contribution in [1.82, 2.24) is 0 Å². The first-order valence-electron chi connectivity index (χ1n) is 22.0. The summed E-state index contributed by atoms with van der Waals surface area (Å²) in [4.78, 5) is 65.8. The summed E-state index contributed by atoms with van der Waals surface area (Å²) in [6, 6.07) is 7.48. The largest absolute Gasteiger partial charge is 0.426 e. The maximum atomic E-state index is 13.4. The van der Waals surface area contributed by atoms with Crippen LogP contribution in [0.5, 0.6) is 28.7 Å². The fraction of sp³-hybridized carbons (Fsp3) is 0.638. The molecule has 10 nitrogen and oxygen atoms in total. The zero-order valence-corrected chi connectivity index (χ0v) is 35.6. The van der Waals surface area contributed by atoms with Crippen molar-refractivity contribution in [2.24, 2.45) is 0 Å². The molecule has 0 atom stereocenters. The molecule has 318 valence electrons. The van der Waals surface area contributed by atoms with E-state index in [2.05, 4.69) is 34.6 Å². The van der Waals surface area contributed by atoms with Gasteiger partial charge in [-0.1, -0.05) is 131 Å². The summed E-state index contributed by atoms with van der Waals surface area (Å²) in [5, 5.41) is 0. The molecule has 0 amide bonds. The Labute approximate surface area is 342 Å². The van der Waals surface area contributed by atoms with Crippen molar-refractivity contribution in [3.63, 3.8) is 0 Å². The van der Waals surface area contributed by atoms with Gasteiger partial charge in [0.25, 0.3) is 0 Å². The van der Waals surface area contributed by atoms with Crippen molar-refractivity contribution in [3.8, 4) is 39.9 Å². The second-order valence-electron chi connectivity index (χ2n) is 14.9. The van der Waals surface area contributed by atoms with Gasteiger partial charge in [-0.05, 0) is 49.8 Å². The van der Waals surface area contributed by atoms with E-state index in [0.29, 0.717) is 37.7 Å². The molecular formula is C47H70O10. The number of hydrogen-bond acceptors (Lipinski definition) is 10. The number of ether oxygens (including phenoxy) is 5. The minimum Gasteiger partial charge on any atom is -0.426 e. The quantitative estimate of drug-likeness (QED) is 0.0413. The van der Waals surface area contributed by atoms with Crippen LogP contribution in [0.4, 0.5) is 0 Å². The molecule has 0 radical (unpaired) electrons. The van der Waals surface area contributed by atoms with E-state index in [9.17, 15) is 24.0 Å². The van der Waals surface area contributed by atoms with E-state index in [1.165, 1.54) is 18.2 Å². The third-order valence-electron chi connectivity index (χ3n) is 9.52. The molecule has 0 heterocycles. The highest BCUT2D eigenvalue weighted by molar-refractivity contribution is 5.87. The monoisotopic (exact) mass is 794 g/mol. The van der Waals surface area contributed by atoms with Crippen LogP contribution in [-0.2, 0) is 24.0 Å². The summed E-state index contributed by atoms with van der Waals surface area (Å²) in [6.45, 7) is 10.5. The van der Waals surface area contributed by atoms with Crippen LogP contribution in [0.3, 0.4) is 0 Å². The van der Waals surface area contributed by atoms with Gasteiger partial charge in [-0.3, -0.25) is 24.0 Å². The Hall–Kier alpha value is -4.21. The number of carbonyl (C=O) groups excluding carboxylic acids is 5. The molecule has 0 saturated carbocycles. The summed E-state index contributed by atoms with van der Waals surface area (Å²) in [5.74, 6) is -2.14. The summed E-state index contributed by atoms with van der Waals surface area (Å²) >= 11 is 0. The zero-order chi connectivity index (χ0) is 41.7. The van der Waals surface area contributed by atoms with Crippen molar-refractivity contribution in [2.45, 2.75) is 195 Å². The molecule has 0 spiro atoms. The highest BCUT2D eigenvalue weighted by atomic mass is 16.6. The average molecular weight is 795 g/mol. The standard InChI is InChI=1S/C47H70O10/c1-6-11-16-21-26-42(48)53-37-31-36(32-38(33-37)54-43(49)27-22-17-12-7-2)47-40(56-45(51)29-24-19-14-9-4)34-39(55-44(50)28-23-18-13-8-3)35-41(47)57-46(52)30-25-20-15-10-5/h31-35H,6-30H2,1-5H3. The minimum atomic E-state index is -0.513. The van der Waals surface area contributed by atoms with E-state index in [0.717, 1.165) is 96.3 Å². The summed E-state index contributed by atoms with van der Waals surface area (Å²) < 4.78 is 29.4. The normalized spacial score (nSPS) is 10.9. The van der Waals surface area contributed by atoms with Gasteiger partial charge in [-0.2, -0.15) is 0 Å². The SMILES string of the molecule is CCCCCCC(=O)Oc1cc(OC(=O)CCCCCC)cc(-c2c(OC(=O)CCCCCC)cc(OC(=O)CCCCCC)cc2OC(=O)CCCCCC)c1. The Balaban J connectivity index is 2.72. The van der Waals surface area contributed by atoms with Gasteiger partial charge in [0, 0.05) is 50.3 Å². The van der Waals surface area contributed by atoms with E-state index in [-0.39, 0.29) is 66.4 Å². The lowest BCUT2D eigenvalue weighted by Crippen LogP contribution is -2.13. The highest BCUT2D eigenvalue weighted by Crippen LogP contribution is 2.45. The first-order valence-corrected chi connectivity index (χ1v) is 22.0. The number of carbonyl (C=O) groups is 5. The Bertz CT molecular complexity index is 1420. The molecule has 0 aromatic heterocycles. The van der Waals surface area contributed by atoms with Crippen LogP contribution in [0.2, 0.25) is 0 Å². The molecule has 0 aliphatic carbocycles. The minimum absolute atomic E-state index is 0.0135. The maximum absolute atomic E-state index is 13.4. The molecule has 2 aromatic rings. The molecule has 0 aliphatic rings. The number of benzene rings is 2. The van der Waals surface area contributed by atoms with E-state index >= 15 is 0 Å². The third kappa shape index (κ3) is 21.2. The van der Waals surface area contributed by atoms with E-state index in [4.69, 9.17) is 23.7 Å². The summed E-state index contributed by atoms with van der Waals surface area (Å²) in [6.07, 6.45) is 18.6. The van der Waals surface area contributed by atoms with Crippen LogP contribution in [0.1, 0.15) is 195 Å². The van der Waals surface area contributed by atoms with Gasteiger partial charge < -0.3 is 23.7 Å².